The van der Waals surface area contributed by atoms with E-state index < -0.39 is 0 Å². The van der Waals surface area contributed by atoms with Crippen molar-refractivity contribution in [2.24, 2.45) is 0 Å². The van der Waals surface area contributed by atoms with Crippen LogP contribution in [0.15, 0.2) is 53.6 Å². The third kappa shape index (κ3) is 5.23. The average Bonchev–Trinajstić information content (AvgIpc) is 2.80. The van der Waals surface area contributed by atoms with Crippen LogP contribution in [0.1, 0.15) is 30.0 Å². The number of nitriles is 2. The second-order valence-electron chi connectivity index (χ2n) is 6.85. The van der Waals surface area contributed by atoms with E-state index in [-0.39, 0.29) is 35.1 Å². The smallest absolute Gasteiger partial charge is 0.225 e. The molecule has 0 aliphatic carbocycles. The first-order valence-corrected chi connectivity index (χ1v) is 10.9. The van der Waals surface area contributed by atoms with Crippen molar-refractivity contribution < 1.29 is 9.18 Å². The lowest BCUT2D eigenvalue weighted by molar-refractivity contribution is -0.115. The Morgan fingerprint density at radius 2 is 1.75 bits per heavy atom. The van der Waals surface area contributed by atoms with Crippen LogP contribution in [0.25, 0.3) is 11.1 Å². The molecule has 1 aromatic heterocycles. The number of amides is 1. The van der Waals surface area contributed by atoms with Crippen LogP contribution in [-0.2, 0) is 11.2 Å². The molecule has 160 valence electrons. The highest BCUT2D eigenvalue weighted by atomic mass is 32.2. The van der Waals surface area contributed by atoms with Gasteiger partial charge in [0.15, 0.2) is 0 Å². The SMILES string of the molecule is CCc1ccc(-c2c(C#N)c(N)nc(SCCC(=O)Nc3ccc(F)cc3)c2C#N)cc1. The van der Waals surface area contributed by atoms with Gasteiger partial charge in [0.25, 0.3) is 0 Å². The summed E-state index contributed by atoms with van der Waals surface area (Å²) in [6.45, 7) is 2.04. The summed E-state index contributed by atoms with van der Waals surface area (Å²) in [5.74, 6) is -0.250. The number of thioether (sulfide) groups is 1. The molecule has 0 atom stereocenters. The first-order valence-electron chi connectivity index (χ1n) is 9.88. The Bertz CT molecular complexity index is 1210. The Kier molecular flexibility index (Phi) is 7.43. The number of hydrogen-bond acceptors (Lipinski definition) is 6. The normalized spacial score (nSPS) is 10.2. The number of rotatable bonds is 7. The van der Waals surface area contributed by atoms with E-state index in [0.29, 0.717) is 27.6 Å². The number of pyridine rings is 1. The van der Waals surface area contributed by atoms with Gasteiger partial charge in [-0.05, 0) is 41.8 Å². The Balaban J connectivity index is 1.81. The Hall–Kier alpha value is -3.88. The van der Waals surface area contributed by atoms with Crippen LogP contribution in [0.3, 0.4) is 0 Å². The topological polar surface area (TPSA) is 116 Å². The lowest BCUT2D eigenvalue weighted by Gasteiger charge is -2.13. The van der Waals surface area contributed by atoms with Crippen molar-refractivity contribution in [3.63, 3.8) is 0 Å². The zero-order valence-electron chi connectivity index (χ0n) is 17.4. The first kappa shape index (κ1) is 22.8. The number of nitrogens with one attached hydrogen (secondary N) is 1. The summed E-state index contributed by atoms with van der Waals surface area (Å²) in [7, 11) is 0. The minimum Gasteiger partial charge on any atom is -0.383 e. The van der Waals surface area contributed by atoms with E-state index >= 15 is 0 Å². The molecule has 0 bridgehead atoms. The number of halogens is 1. The lowest BCUT2D eigenvalue weighted by Crippen LogP contribution is -2.12. The molecule has 0 radical (unpaired) electrons. The molecule has 3 aromatic rings. The second kappa shape index (κ2) is 10.4. The number of hydrogen-bond donors (Lipinski definition) is 2. The van der Waals surface area contributed by atoms with Gasteiger partial charge in [-0.2, -0.15) is 10.5 Å². The van der Waals surface area contributed by atoms with Crippen LogP contribution < -0.4 is 11.1 Å². The third-order valence-corrected chi connectivity index (χ3v) is 5.74. The Labute approximate surface area is 189 Å². The molecular formula is C24H20FN5OS. The lowest BCUT2D eigenvalue weighted by atomic mass is 9.96. The van der Waals surface area contributed by atoms with E-state index in [1.165, 1.54) is 36.0 Å². The fraction of sp³-hybridized carbons (Fsp3) is 0.167. The molecule has 3 rings (SSSR count). The minimum absolute atomic E-state index is 0.0410. The highest BCUT2D eigenvalue weighted by Crippen LogP contribution is 2.36. The molecule has 0 unspecified atom stereocenters. The van der Waals surface area contributed by atoms with E-state index in [9.17, 15) is 19.7 Å². The highest BCUT2D eigenvalue weighted by Gasteiger charge is 2.20. The maximum absolute atomic E-state index is 13.0. The van der Waals surface area contributed by atoms with Crippen LogP contribution in [0.2, 0.25) is 0 Å². The molecule has 2 aromatic carbocycles. The zero-order chi connectivity index (χ0) is 23.1. The monoisotopic (exact) mass is 445 g/mol. The maximum atomic E-state index is 13.0. The number of anilines is 2. The highest BCUT2D eigenvalue weighted by molar-refractivity contribution is 7.99. The third-order valence-electron chi connectivity index (χ3n) is 4.76. The van der Waals surface area contributed by atoms with Crippen molar-refractivity contribution in [2.45, 2.75) is 24.8 Å². The fourth-order valence-corrected chi connectivity index (χ4v) is 4.03. The summed E-state index contributed by atoms with van der Waals surface area (Å²) in [4.78, 5) is 16.4. The van der Waals surface area contributed by atoms with Gasteiger partial charge in [0.05, 0.1) is 5.56 Å². The average molecular weight is 446 g/mol. The number of carbonyl (C=O) groups excluding carboxylic acids is 1. The number of carbonyl (C=O) groups is 1. The van der Waals surface area contributed by atoms with Gasteiger partial charge in [-0.25, -0.2) is 9.37 Å². The van der Waals surface area contributed by atoms with Crippen LogP contribution in [0.4, 0.5) is 15.9 Å². The summed E-state index contributed by atoms with van der Waals surface area (Å²) in [6.07, 6.45) is 1.02. The van der Waals surface area contributed by atoms with Crippen LogP contribution >= 0.6 is 11.8 Å². The minimum atomic E-state index is -0.382. The second-order valence-corrected chi connectivity index (χ2v) is 7.94. The molecule has 0 aliphatic rings. The van der Waals surface area contributed by atoms with Crippen molar-refractivity contribution in [1.29, 1.82) is 10.5 Å². The van der Waals surface area contributed by atoms with Gasteiger partial charge in [0.1, 0.15) is 34.4 Å². The van der Waals surface area contributed by atoms with Crippen LogP contribution in [0.5, 0.6) is 0 Å². The molecule has 0 spiro atoms. The van der Waals surface area contributed by atoms with Crippen molar-refractivity contribution in [3.05, 3.63) is 71.0 Å². The van der Waals surface area contributed by atoms with E-state index in [0.717, 1.165) is 12.0 Å². The number of benzene rings is 2. The largest absolute Gasteiger partial charge is 0.383 e. The summed E-state index contributed by atoms with van der Waals surface area (Å²) in [6, 6.07) is 17.3. The van der Waals surface area contributed by atoms with E-state index in [1.807, 2.05) is 31.2 Å². The summed E-state index contributed by atoms with van der Waals surface area (Å²) in [5, 5.41) is 22.5. The fourth-order valence-electron chi connectivity index (χ4n) is 3.10. The van der Waals surface area contributed by atoms with Crippen molar-refractivity contribution in [2.75, 3.05) is 16.8 Å². The molecule has 1 amide bonds. The molecule has 0 saturated carbocycles. The van der Waals surface area contributed by atoms with Gasteiger partial charge in [-0.3, -0.25) is 4.79 Å². The number of nitrogens with two attached hydrogens (primary N) is 1. The predicted molar refractivity (Wildman–Crippen MR) is 123 cm³/mol. The van der Waals surface area contributed by atoms with Gasteiger partial charge >= 0.3 is 0 Å². The van der Waals surface area contributed by atoms with Gasteiger partial charge in [0, 0.05) is 23.4 Å². The summed E-state index contributed by atoms with van der Waals surface area (Å²) < 4.78 is 13.0. The maximum Gasteiger partial charge on any atom is 0.225 e. The predicted octanol–water partition coefficient (Wildman–Crippen LogP) is 4.90. The molecule has 0 saturated heterocycles. The molecular weight excluding hydrogens is 425 g/mol. The number of aromatic nitrogens is 1. The molecule has 0 fully saturated rings. The van der Waals surface area contributed by atoms with Gasteiger partial charge < -0.3 is 11.1 Å². The molecule has 3 N–H and O–H groups in total. The molecule has 1 heterocycles. The first-order chi connectivity index (χ1) is 15.5. The standard InChI is InChI=1S/C24H20FN5OS/c1-2-15-3-5-16(6-4-15)22-19(13-26)23(28)30-24(20(22)14-27)32-12-11-21(31)29-18-9-7-17(25)8-10-18/h3-10H,2,11-12H2,1H3,(H2,28,30)(H,29,31). The van der Waals surface area contributed by atoms with E-state index in [2.05, 4.69) is 22.4 Å². The van der Waals surface area contributed by atoms with Crippen molar-refractivity contribution in [1.82, 2.24) is 4.98 Å². The van der Waals surface area contributed by atoms with E-state index in [4.69, 9.17) is 5.73 Å². The van der Waals surface area contributed by atoms with Gasteiger partial charge in [-0.15, -0.1) is 11.8 Å². The number of nitrogens with zero attached hydrogens (tertiary/aromatic N) is 3. The molecule has 6 nitrogen and oxygen atoms in total. The summed E-state index contributed by atoms with van der Waals surface area (Å²) >= 11 is 1.22. The van der Waals surface area contributed by atoms with Crippen molar-refractivity contribution >= 4 is 29.2 Å². The number of nitrogen functional groups attached to an aromatic ring is 1. The molecule has 0 aliphatic heterocycles. The Morgan fingerprint density at radius 1 is 1.09 bits per heavy atom. The molecule has 32 heavy (non-hydrogen) atoms. The number of aryl methyl sites for hydroxylation is 1. The van der Waals surface area contributed by atoms with Crippen LogP contribution in [-0.4, -0.2) is 16.6 Å². The van der Waals surface area contributed by atoms with Gasteiger partial charge in [0.2, 0.25) is 5.91 Å². The Morgan fingerprint density at radius 3 is 2.34 bits per heavy atom. The van der Waals surface area contributed by atoms with Crippen molar-refractivity contribution in [3.8, 4) is 23.3 Å². The summed E-state index contributed by atoms with van der Waals surface area (Å²) in [5.41, 5.74) is 9.23. The molecule has 8 heteroatoms. The quantitative estimate of drug-likeness (QED) is 0.500. The van der Waals surface area contributed by atoms with E-state index in [1.54, 1.807) is 0 Å². The van der Waals surface area contributed by atoms with Crippen LogP contribution in [0, 0.1) is 28.5 Å². The van der Waals surface area contributed by atoms with Gasteiger partial charge in [-0.1, -0.05) is 31.2 Å². The zero-order valence-corrected chi connectivity index (χ0v) is 18.2.